The van der Waals surface area contributed by atoms with Gasteiger partial charge < -0.3 is 15.1 Å². The van der Waals surface area contributed by atoms with Crippen LogP contribution in [0.5, 0.6) is 0 Å². The van der Waals surface area contributed by atoms with Crippen LogP contribution in [0.25, 0.3) is 0 Å². The van der Waals surface area contributed by atoms with Gasteiger partial charge in [0.05, 0.1) is 0 Å². The lowest BCUT2D eigenvalue weighted by atomic mass is 10.0. The van der Waals surface area contributed by atoms with Gasteiger partial charge in [-0.15, -0.1) is 10.2 Å². The Morgan fingerprint density at radius 2 is 1.76 bits per heavy atom. The molecule has 0 radical (unpaired) electrons. The third kappa shape index (κ3) is 6.15. The first-order chi connectivity index (χ1) is 16.5. The lowest BCUT2D eigenvalue weighted by Crippen LogP contribution is -2.36. The first-order valence-corrected chi connectivity index (χ1v) is 12.8. The van der Waals surface area contributed by atoms with E-state index in [4.69, 9.17) is 0 Å². The maximum atomic E-state index is 12.9. The van der Waals surface area contributed by atoms with Gasteiger partial charge in [0.25, 0.3) is 0 Å². The number of rotatable bonds is 8. The molecule has 0 atom stereocenters. The van der Waals surface area contributed by atoms with E-state index in [0.29, 0.717) is 11.8 Å². The van der Waals surface area contributed by atoms with Crippen molar-refractivity contribution in [3.05, 3.63) is 35.7 Å². The minimum absolute atomic E-state index is 0.0641. The van der Waals surface area contributed by atoms with Crippen LogP contribution in [-0.4, -0.2) is 57.7 Å². The molecule has 4 rings (SSSR count). The summed E-state index contributed by atoms with van der Waals surface area (Å²) in [5.74, 6) is 2.76. The molecule has 1 saturated heterocycles. The fourth-order valence-corrected chi connectivity index (χ4v) is 5.21. The van der Waals surface area contributed by atoms with Crippen molar-refractivity contribution in [2.45, 2.75) is 71.8 Å². The molecule has 0 bridgehead atoms. The number of nitrogens with one attached hydrogen (secondary N) is 1. The number of hydrogen-bond donors (Lipinski definition) is 1. The average molecular weight is 467 g/mol. The molecule has 0 unspecified atom stereocenters. The second-order valence-corrected chi connectivity index (χ2v) is 9.63. The Hall–Kier alpha value is -2.90. The van der Waals surface area contributed by atoms with Crippen molar-refractivity contribution in [3.8, 4) is 0 Å². The number of aromatic nitrogens is 3. The molecule has 2 heterocycles. The molecule has 34 heavy (non-hydrogen) atoms. The quantitative estimate of drug-likeness (QED) is 0.642. The largest absolute Gasteiger partial charge is 0.341 e. The number of carbonyl (C=O) groups excluding carboxylic acids is 2. The summed E-state index contributed by atoms with van der Waals surface area (Å²) < 4.78 is 2.23. The van der Waals surface area contributed by atoms with Crippen LogP contribution in [0, 0.1) is 5.92 Å². The zero-order valence-corrected chi connectivity index (χ0v) is 20.6. The standard InChI is InChI=1S/C26H38N6O2/c1-3-24-28-29-26(32(24)16-13-21-9-11-23(12-10-21)27-20(2)33)31-15-6-14-30(17-18-31)25(34)19-22-7-4-5-8-22/h9-12,22H,3-8,13-19H2,1-2H3,(H,27,33). The summed E-state index contributed by atoms with van der Waals surface area (Å²) in [6, 6.07) is 7.99. The van der Waals surface area contributed by atoms with Crippen LogP contribution in [0.4, 0.5) is 11.6 Å². The second-order valence-electron chi connectivity index (χ2n) is 9.63. The molecule has 8 heteroatoms. The van der Waals surface area contributed by atoms with Crippen LogP contribution < -0.4 is 10.2 Å². The van der Waals surface area contributed by atoms with Gasteiger partial charge in [-0.2, -0.15) is 0 Å². The summed E-state index contributed by atoms with van der Waals surface area (Å²) in [6.45, 7) is 7.69. The molecule has 2 amide bonds. The van der Waals surface area contributed by atoms with Gasteiger partial charge in [-0.1, -0.05) is 31.9 Å². The topological polar surface area (TPSA) is 83.4 Å². The van der Waals surface area contributed by atoms with E-state index >= 15 is 0 Å². The molecule has 0 spiro atoms. The van der Waals surface area contributed by atoms with Gasteiger partial charge in [0.15, 0.2) is 0 Å². The molecule has 184 valence electrons. The van der Waals surface area contributed by atoms with Crippen molar-refractivity contribution in [2.24, 2.45) is 5.92 Å². The van der Waals surface area contributed by atoms with Crippen molar-refractivity contribution < 1.29 is 9.59 Å². The molecule has 8 nitrogen and oxygen atoms in total. The summed E-state index contributed by atoms with van der Waals surface area (Å²) >= 11 is 0. The number of anilines is 2. The van der Waals surface area contributed by atoms with Gasteiger partial charge >= 0.3 is 0 Å². The van der Waals surface area contributed by atoms with Gasteiger partial charge in [0, 0.05) is 58.2 Å². The Labute approximate surface area is 202 Å². The first kappa shape index (κ1) is 24.2. The van der Waals surface area contributed by atoms with Gasteiger partial charge in [0.1, 0.15) is 5.82 Å². The molecule has 2 aromatic rings. The number of aryl methyl sites for hydroxylation is 2. The van der Waals surface area contributed by atoms with Crippen LogP contribution in [-0.2, 0) is 29.0 Å². The Morgan fingerprint density at radius 3 is 2.47 bits per heavy atom. The number of benzene rings is 1. The third-order valence-corrected chi connectivity index (χ3v) is 7.09. The predicted octanol–water partition coefficient (Wildman–Crippen LogP) is 3.66. The summed E-state index contributed by atoms with van der Waals surface area (Å²) in [5.41, 5.74) is 2.02. The van der Waals surface area contributed by atoms with Crippen molar-refractivity contribution in [2.75, 3.05) is 36.4 Å². The molecule has 1 aromatic carbocycles. The minimum atomic E-state index is -0.0641. The van der Waals surface area contributed by atoms with Crippen LogP contribution >= 0.6 is 0 Å². The zero-order chi connectivity index (χ0) is 23.9. The molecular formula is C26H38N6O2. The van der Waals surface area contributed by atoms with E-state index in [1.165, 1.54) is 38.2 Å². The van der Waals surface area contributed by atoms with Gasteiger partial charge in [-0.25, -0.2) is 0 Å². The fraction of sp³-hybridized carbons (Fsp3) is 0.615. The Kier molecular flexibility index (Phi) is 8.19. The predicted molar refractivity (Wildman–Crippen MR) is 134 cm³/mol. The minimum Gasteiger partial charge on any atom is -0.341 e. The molecule has 2 fully saturated rings. The van der Waals surface area contributed by atoms with Crippen molar-refractivity contribution >= 4 is 23.5 Å². The van der Waals surface area contributed by atoms with E-state index in [0.717, 1.165) is 75.9 Å². The van der Waals surface area contributed by atoms with Crippen LogP contribution in [0.1, 0.15) is 63.8 Å². The highest BCUT2D eigenvalue weighted by Gasteiger charge is 2.26. The van der Waals surface area contributed by atoms with E-state index in [1.54, 1.807) is 0 Å². The Morgan fingerprint density at radius 1 is 1.00 bits per heavy atom. The maximum Gasteiger partial charge on any atom is 0.227 e. The van der Waals surface area contributed by atoms with E-state index in [2.05, 4.69) is 48.9 Å². The third-order valence-electron chi connectivity index (χ3n) is 7.09. The van der Waals surface area contributed by atoms with E-state index < -0.39 is 0 Å². The highest BCUT2D eigenvalue weighted by atomic mass is 16.2. The normalized spacial score (nSPS) is 17.1. The van der Waals surface area contributed by atoms with E-state index in [9.17, 15) is 9.59 Å². The summed E-state index contributed by atoms with van der Waals surface area (Å²) in [5, 5.41) is 11.8. The van der Waals surface area contributed by atoms with Crippen LogP contribution in [0.3, 0.4) is 0 Å². The van der Waals surface area contributed by atoms with Crippen molar-refractivity contribution in [3.63, 3.8) is 0 Å². The molecular weight excluding hydrogens is 428 g/mol. The zero-order valence-electron chi connectivity index (χ0n) is 20.6. The average Bonchev–Trinajstić information content (AvgIpc) is 3.41. The second kappa shape index (κ2) is 11.5. The number of hydrogen-bond acceptors (Lipinski definition) is 5. The van der Waals surface area contributed by atoms with E-state index in [-0.39, 0.29) is 5.91 Å². The summed E-state index contributed by atoms with van der Waals surface area (Å²) in [4.78, 5) is 28.5. The van der Waals surface area contributed by atoms with Gasteiger partial charge in [-0.3, -0.25) is 14.2 Å². The molecule has 1 saturated carbocycles. The lowest BCUT2D eigenvalue weighted by Gasteiger charge is -2.24. The van der Waals surface area contributed by atoms with Crippen LogP contribution in [0.15, 0.2) is 24.3 Å². The monoisotopic (exact) mass is 466 g/mol. The highest BCUT2D eigenvalue weighted by molar-refractivity contribution is 5.88. The first-order valence-electron chi connectivity index (χ1n) is 12.8. The molecule has 1 N–H and O–H groups in total. The van der Waals surface area contributed by atoms with E-state index in [1.807, 2.05) is 12.1 Å². The van der Waals surface area contributed by atoms with Crippen molar-refractivity contribution in [1.82, 2.24) is 19.7 Å². The summed E-state index contributed by atoms with van der Waals surface area (Å²) in [6.07, 6.45) is 8.34. The molecule has 1 aliphatic carbocycles. The number of carbonyl (C=O) groups is 2. The smallest absolute Gasteiger partial charge is 0.227 e. The number of nitrogens with zero attached hydrogens (tertiary/aromatic N) is 5. The lowest BCUT2D eigenvalue weighted by molar-refractivity contribution is -0.132. The molecule has 1 aliphatic heterocycles. The highest BCUT2D eigenvalue weighted by Crippen LogP contribution is 2.28. The summed E-state index contributed by atoms with van der Waals surface area (Å²) in [7, 11) is 0. The van der Waals surface area contributed by atoms with Gasteiger partial charge in [-0.05, 0) is 49.3 Å². The van der Waals surface area contributed by atoms with Crippen molar-refractivity contribution in [1.29, 1.82) is 0 Å². The van der Waals surface area contributed by atoms with Gasteiger partial charge in [0.2, 0.25) is 17.8 Å². The fourth-order valence-electron chi connectivity index (χ4n) is 5.21. The molecule has 2 aliphatic rings. The van der Waals surface area contributed by atoms with Crippen LogP contribution in [0.2, 0.25) is 0 Å². The SMILES string of the molecule is CCc1nnc(N2CCCN(C(=O)CC3CCCC3)CC2)n1CCc1ccc(NC(C)=O)cc1. The maximum absolute atomic E-state index is 12.9. The number of amides is 2. The Balaban J connectivity index is 1.38. The molecule has 1 aromatic heterocycles. The Bertz CT molecular complexity index is 964.